The van der Waals surface area contributed by atoms with Crippen molar-refractivity contribution in [3.05, 3.63) is 70.2 Å². The minimum absolute atomic E-state index is 0.115. The van der Waals surface area contributed by atoms with Gasteiger partial charge < -0.3 is 0 Å². The number of aryl methyl sites for hydroxylation is 1. The minimum Gasteiger partial charge on any atom is -0.294 e. The Morgan fingerprint density at radius 2 is 1.94 bits per heavy atom. The molecule has 0 amide bonds. The summed E-state index contributed by atoms with van der Waals surface area (Å²) < 4.78 is 0. The van der Waals surface area contributed by atoms with Gasteiger partial charge in [-0.3, -0.25) is 4.79 Å². The van der Waals surface area contributed by atoms with Gasteiger partial charge in [0.05, 0.1) is 0 Å². The van der Waals surface area contributed by atoms with E-state index in [0.29, 0.717) is 11.4 Å². The van der Waals surface area contributed by atoms with Crippen LogP contribution in [0.25, 0.3) is 0 Å². The Bertz CT molecular complexity index is 532. The van der Waals surface area contributed by atoms with Gasteiger partial charge in [-0.2, -0.15) is 0 Å². The van der Waals surface area contributed by atoms with Crippen molar-refractivity contribution in [1.29, 1.82) is 0 Å². The zero-order valence-corrected chi connectivity index (χ0v) is 10.3. The monoisotopic (exact) mass is 243 g/mol. The van der Waals surface area contributed by atoms with Crippen molar-refractivity contribution in [1.82, 2.24) is 0 Å². The third-order valence-electron chi connectivity index (χ3n) is 2.70. The maximum absolute atomic E-state index is 12.0. The van der Waals surface area contributed by atoms with Crippen molar-refractivity contribution in [3.8, 4) is 0 Å². The number of carbonyl (C=O) groups excluding carboxylic acids is 1. The van der Waals surface area contributed by atoms with Crippen molar-refractivity contribution < 1.29 is 4.79 Å². The summed E-state index contributed by atoms with van der Waals surface area (Å²) in [5.74, 6) is 0.115. The number of carbonyl (C=O) groups is 1. The Morgan fingerprint density at radius 3 is 2.59 bits per heavy atom. The van der Waals surface area contributed by atoms with Crippen molar-refractivity contribution >= 4 is 17.4 Å². The van der Waals surface area contributed by atoms with E-state index in [9.17, 15) is 4.79 Å². The molecule has 0 bridgehead atoms. The third kappa shape index (κ3) is 2.95. The maximum Gasteiger partial charge on any atom is 0.167 e. The fourth-order valence-corrected chi connectivity index (χ4v) is 1.93. The van der Waals surface area contributed by atoms with E-state index < -0.39 is 0 Å². The molecule has 1 radical (unpaired) electrons. The Balaban J connectivity index is 2.19. The van der Waals surface area contributed by atoms with Gasteiger partial charge in [-0.25, -0.2) is 0 Å². The number of ketones is 1. The first kappa shape index (κ1) is 11.9. The summed E-state index contributed by atoms with van der Waals surface area (Å²) in [5.41, 5.74) is 2.79. The third-order valence-corrected chi connectivity index (χ3v) is 2.93. The average molecular weight is 244 g/mol. The Kier molecular flexibility index (Phi) is 3.60. The van der Waals surface area contributed by atoms with E-state index in [4.69, 9.17) is 11.6 Å². The van der Waals surface area contributed by atoms with Crippen LogP contribution < -0.4 is 0 Å². The molecule has 0 saturated heterocycles. The summed E-state index contributed by atoms with van der Waals surface area (Å²) in [6.45, 7) is 1.97. The van der Waals surface area contributed by atoms with Gasteiger partial charge in [0.2, 0.25) is 0 Å². The van der Waals surface area contributed by atoms with Crippen LogP contribution >= 0.6 is 11.6 Å². The molecule has 0 aliphatic heterocycles. The van der Waals surface area contributed by atoms with Crippen molar-refractivity contribution in [2.75, 3.05) is 0 Å². The van der Waals surface area contributed by atoms with Gasteiger partial charge in [-0.15, -0.1) is 0 Å². The maximum atomic E-state index is 12.0. The molecule has 0 fully saturated rings. The number of Topliss-reactive ketones (excluding diaryl/α,β-unsaturated/α-hetero) is 1. The van der Waals surface area contributed by atoms with Crippen LogP contribution in [0.4, 0.5) is 0 Å². The second-order valence-electron chi connectivity index (χ2n) is 3.96. The molecule has 2 aromatic carbocycles. The summed E-state index contributed by atoms with van der Waals surface area (Å²) in [5, 5.41) is 0.702. The summed E-state index contributed by atoms with van der Waals surface area (Å²) in [7, 11) is 0. The molecular weight excluding hydrogens is 232 g/mol. The molecule has 0 N–H and O–H groups in total. The lowest BCUT2D eigenvalue weighted by Crippen LogP contribution is -2.04. The van der Waals surface area contributed by atoms with Gasteiger partial charge in [0.15, 0.2) is 5.78 Å². The molecule has 0 atom stereocenters. The van der Waals surface area contributed by atoms with E-state index in [1.807, 2.05) is 25.1 Å². The van der Waals surface area contributed by atoms with Gasteiger partial charge in [-0.1, -0.05) is 41.9 Å². The molecule has 2 rings (SSSR count). The molecule has 0 aliphatic carbocycles. The van der Waals surface area contributed by atoms with E-state index in [-0.39, 0.29) is 5.78 Å². The van der Waals surface area contributed by atoms with Crippen LogP contribution in [0, 0.1) is 13.0 Å². The molecule has 0 heterocycles. The van der Waals surface area contributed by atoms with E-state index in [0.717, 1.165) is 16.7 Å². The van der Waals surface area contributed by atoms with Crippen LogP contribution in [0.2, 0.25) is 5.02 Å². The van der Waals surface area contributed by atoms with Crippen molar-refractivity contribution in [3.63, 3.8) is 0 Å². The van der Waals surface area contributed by atoms with Gasteiger partial charge in [0, 0.05) is 17.0 Å². The first-order valence-electron chi connectivity index (χ1n) is 5.41. The van der Waals surface area contributed by atoms with Gasteiger partial charge in [0.25, 0.3) is 0 Å². The van der Waals surface area contributed by atoms with Crippen LogP contribution in [0.15, 0.2) is 42.5 Å². The van der Waals surface area contributed by atoms with Crippen LogP contribution in [0.5, 0.6) is 0 Å². The molecular formula is C15H12ClO. The number of rotatable bonds is 3. The molecule has 17 heavy (non-hydrogen) atoms. The highest BCUT2D eigenvalue weighted by Gasteiger charge is 2.08. The quantitative estimate of drug-likeness (QED) is 0.748. The molecule has 0 unspecified atom stereocenters. The zero-order chi connectivity index (χ0) is 12.3. The standard InChI is InChI=1S/C15H12ClO/c1-11-9-14(16)8-7-13(11)10-15(17)12-5-3-2-4-6-12/h3-9H,10H2,1H3. The highest BCUT2D eigenvalue weighted by molar-refractivity contribution is 6.30. The molecule has 0 aliphatic rings. The van der Waals surface area contributed by atoms with Crippen LogP contribution in [0.3, 0.4) is 0 Å². The summed E-state index contributed by atoms with van der Waals surface area (Å²) >= 11 is 5.88. The molecule has 0 spiro atoms. The smallest absolute Gasteiger partial charge is 0.167 e. The number of benzene rings is 2. The second kappa shape index (κ2) is 5.15. The van der Waals surface area contributed by atoms with Gasteiger partial charge in [-0.05, 0) is 36.2 Å². The first-order valence-corrected chi connectivity index (χ1v) is 5.79. The number of halogens is 1. The fraction of sp³-hybridized carbons (Fsp3) is 0.133. The molecule has 2 aromatic rings. The summed E-state index contributed by atoms with van der Waals surface area (Å²) in [4.78, 5) is 12.0. The molecule has 0 saturated carbocycles. The highest BCUT2D eigenvalue weighted by Crippen LogP contribution is 2.17. The normalized spacial score (nSPS) is 10.2. The predicted octanol–water partition coefficient (Wildman–Crippen LogP) is 3.87. The van der Waals surface area contributed by atoms with E-state index in [2.05, 4.69) is 6.07 Å². The van der Waals surface area contributed by atoms with E-state index in [1.165, 1.54) is 0 Å². The van der Waals surface area contributed by atoms with Gasteiger partial charge >= 0.3 is 0 Å². The average Bonchev–Trinajstić information content (AvgIpc) is 2.34. The Hall–Kier alpha value is -1.60. The van der Waals surface area contributed by atoms with Crippen LogP contribution in [0.1, 0.15) is 21.5 Å². The predicted molar refractivity (Wildman–Crippen MR) is 69.5 cm³/mol. The lowest BCUT2D eigenvalue weighted by molar-refractivity contribution is 0.0993. The molecule has 0 aromatic heterocycles. The first-order chi connectivity index (χ1) is 8.16. The highest BCUT2D eigenvalue weighted by atomic mass is 35.5. The van der Waals surface area contributed by atoms with Crippen molar-refractivity contribution in [2.24, 2.45) is 0 Å². The largest absolute Gasteiger partial charge is 0.294 e. The van der Waals surface area contributed by atoms with Crippen LogP contribution in [-0.2, 0) is 6.42 Å². The van der Waals surface area contributed by atoms with E-state index in [1.54, 1.807) is 24.3 Å². The summed E-state index contributed by atoms with van der Waals surface area (Å²) in [6.07, 6.45) is 0.410. The topological polar surface area (TPSA) is 17.1 Å². The molecule has 85 valence electrons. The lowest BCUT2D eigenvalue weighted by atomic mass is 10.00. The lowest BCUT2D eigenvalue weighted by Gasteiger charge is -2.05. The molecule has 1 nitrogen and oxygen atoms in total. The fourth-order valence-electron chi connectivity index (χ4n) is 1.71. The van der Waals surface area contributed by atoms with Crippen LogP contribution in [-0.4, -0.2) is 5.78 Å². The minimum atomic E-state index is 0.115. The number of hydrogen-bond donors (Lipinski definition) is 0. The van der Waals surface area contributed by atoms with Gasteiger partial charge in [0.1, 0.15) is 0 Å². The Morgan fingerprint density at radius 1 is 1.24 bits per heavy atom. The number of hydrogen-bond acceptors (Lipinski definition) is 1. The van der Waals surface area contributed by atoms with E-state index >= 15 is 0 Å². The molecule has 2 heteroatoms. The van der Waals surface area contributed by atoms with Crippen molar-refractivity contribution in [2.45, 2.75) is 13.3 Å². The zero-order valence-electron chi connectivity index (χ0n) is 9.53. The SMILES string of the molecule is Cc1cc(Cl)ccc1CC(=O)c1cc[c]cc1. The second-order valence-corrected chi connectivity index (χ2v) is 4.40. The Labute approximate surface area is 106 Å². The summed E-state index contributed by atoms with van der Waals surface area (Å²) in [6, 6.07) is 15.6.